The zero-order chi connectivity index (χ0) is 28.9. The molecule has 6 rings (SSSR count). The van der Waals surface area contributed by atoms with E-state index in [0.717, 1.165) is 17.2 Å². The molecule has 0 radical (unpaired) electrons. The maximum absolute atomic E-state index is 14.4. The Bertz CT molecular complexity index is 1500. The number of aliphatic hydroxyl groups is 1. The smallest absolute Gasteiger partial charge is 0.248 e. The lowest BCUT2D eigenvalue weighted by molar-refractivity contribution is -0.142. The number of amides is 3. The van der Waals surface area contributed by atoms with E-state index in [2.05, 4.69) is 17.6 Å². The molecular formula is C33H37N3O4S. The first-order valence-electron chi connectivity index (χ1n) is 14.5. The number of likely N-dealkylation sites (tertiary alicyclic amines) is 1. The van der Waals surface area contributed by atoms with Crippen molar-refractivity contribution in [2.75, 3.05) is 17.2 Å². The molecule has 3 saturated heterocycles. The molecule has 3 heterocycles. The summed E-state index contributed by atoms with van der Waals surface area (Å²) in [5.41, 5.74) is 1.34. The van der Waals surface area contributed by atoms with Gasteiger partial charge in [-0.25, -0.2) is 0 Å². The molecular weight excluding hydrogens is 534 g/mol. The van der Waals surface area contributed by atoms with Crippen LogP contribution in [0.25, 0.3) is 10.8 Å². The molecule has 6 atom stereocenters. The van der Waals surface area contributed by atoms with E-state index in [0.29, 0.717) is 24.2 Å². The van der Waals surface area contributed by atoms with E-state index in [9.17, 15) is 19.5 Å². The Morgan fingerprint density at radius 3 is 2.34 bits per heavy atom. The first-order valence-corrected chi connectivity index (χ1v) is 15.3. The summed E-state index contributed by atoms with van der Waals surface area (Å²) in [6, 6.07) is 21.7. The van der Waals surface area contributed by atoms with Crippen molar-refractivity contribution in [3.05, 3.63) is 72.8 Å². The molecule has 3 N–H and O–H groups in total. The number of hydrogen-bond acceptors (Lipinski definition) is 5. The van der Waals surface area contributed by atoms with Crippen LogP contribution in [0, 0.1) is 17.8 Å². The van der Waals surface area contributed by atoms with E-state index in [-0.39, 0.29) is 30.2 Å². The number of nitrogens with zero attached hydrogens (tertiary/aromatic N) is 1. The van der Waals surface area contributed by atoms with Crippen LogP contribution in [-0.2, 0) is 14.4 Å². The normalized spacial score (nSPS) is 29.1. The minimum Gasteiger partial charge on any atom is -0.394 e. The molecule has 0 saturated carbocycles. The molecule has 2 bridgehead atoms. The van der Waals surface area contributed by atoms with E-state index in [1.54, 1.807) is 16.7 Å². The summed E-state index contributed by atoms with van der Waals surface area (Å²) in [5.74, 6) is -1.68. The average Bonchev–Trinajstić information content (AvgIpc) is 3.52. The molecule has 3 fully saturated rings. The minimum absolute atomic E-state index is 0.189. The van der Waals surface area contributed by atoms with Gasteiger partial charge in [0.25, 0.3) is 0 Å². The molecule has 8 heteroatoms. The summed E-state index contributed by atoms with van der Waals surface area (Å²) in [6.07, 6.45) is 1.95. The molecule has 41 heavy (non-hydrogen) atoms. The van der Waals surface area contributed by atoms with Gasteiger partial charge in [0.2, 0.25) is 17.7 Å². The lowest BCUT2D eigenvalue weighted by atomic mass is 9.66. The van der Waals surface area contributed by atoms with Gasteiger partial charge in [-0.15, -0.1) is 11.8 Å². The molecule has 214 valence electrons. The first kappa shape index (κ1) is 27.8. The number of rotatable bonds is 8. The Labute approximate surface area is 245 Å². The summed E-state index contributed by atoms with van der Waals surface area (Å²) in [6.45, 7) is 5.91. The highest BCUT2D eigenvalue weighted by Crippen LogP contribution is 2.71. The largest absolute Gasteiger partial charge is 0.394 e. The highest BCUT2D eigenvalue weighted by Gasteiger charge is 2.77. The zero-order valence-electron chi connectivity index (χ0n) is 23.7. The third-order valence-corrected chi connectivity index (χ3v) is 11.1. The molecule has 3 amide bonds. The molecule has 3 aliphatic heterocycles. The van der Waals surface area contributed by atoms with Crippen LogP contribution in [0.1, 0.15) is 40.0 Å². The second-order valence-corrected chi connectivity index (χ2v) is 14.2. The lowest BCUT2D eigenvalue weighted by Gasteiger charge is -2.37. The van der Waals surface area contributed by atoms with Gasteiger partial charge in [0.05, 0.1) is 29.2 Å². The van der Waals surface area contributed by atoms with Crippen LogP contribution in [0.4, 0.5) is 11.4 Å². The fourth-order valence-corrected chi connectivity index (χ4v) is 9.84. The summed E-state index contributed by atoms with van der Waals surface area (Å²) in [5, 5.41) is 18.7. The summed E-state index contributed by atoms with van der Waals surface area (Å²) < 4.78 is -1.23. The Morgan fingerprint density at radius 1 is 0.951 bits per heavy atom. The van der Waals surface area contributed by atoms with Gasteiger partial charge in [-0.1, -0.05) is 62.4 Å². The van der Waals surface area contributed by atoms with Crippen molar-refractivity contribution >= 4 is 51.6 Å². The van der Waals surface area contributed by atoms with Gasteiger partial charge in [0.15, 0.2) is 0 Å². The lowest BCUT2D eigenvalue weighted by Crippen LogP contribution is -2.55. The van der Waals surface area contributed by atoms with Crippen molar-refractivity contribution in [3.63, 3.8) is 0 Å². The molecule has 3 aliphatic rings. The molecule has 7 nitrogen and oxygen atoms in total. The predicted molar refractivity (Wildman–Crippen MR) is 164 cm³/mol. The van der Waals surface area contributed by atoms with Gasteiger partial charge in [0.1, 0.15) is 6.04 Å². The van der Waals surface area contributed by atoms with Crippen molar-refractivity contribution < 1.29 is 19.5 Å². The van der Waals surface area contributed by atoms with Crippen LogP contribution in [0.2, 0.25) is 0 Å². The molecule has 3 aromatic rings. The Balaban J connectivity index is 1.38. The van der Waals surface area contributed by atoms with E-state index in [1.165, 1.54) is 0 Å². The van der Waals surface area contributed by atoms with Crippen LogP contribution in [-0.4, -0.2) is 55.9 Å². The topological polar surface area (TPSA) is 98.7 Å². The second-order valence-electron chi connectivity index (χ2n) is 12.3. The molecule has 2 unspecified atom stereocenters. The Kier molecular flexibility index (Phi) is 7.10. The SMILES string of the molecule is CC(C)C[C@H](CO)N1C(=O)[C@@H]2[C@@H](C(=O)Nc3ccccc3)[C@@]3(C)CCC2(S3)C1C(=O)Nc1ccc2ccccc2c1. The number of nitrogens with one attached hydrogen (secondary N) is 2. The van der Waals surface area contributed by atoms with E-state index >= 15 is 0 Å². The fraction of sp³-hybridized carbons (Fsp3) is 0.424. The van der Waals surface area contributed by atoms with Crippen LogP contribution < -0.4 is 10.6 Å². The number of thioether (sulfide) groups is 1. The van der Waals surface area contributed by atoms with E-state index in [4.69, 9.17) is 0 Å². The highest BCUT2D eigenvalue weighted by molar-refractivity contribution is 8.02. The Morgan fingerprint density at radius 2 is 1.63 bits per heavy atom. The van der Waals surface area contributed by atoms with Crippen molar-refractivity contribution in [2.45, 2.75) is 61.6 Å². The van der Waals surface area contributed by atoms with Crippen molar-refractivity contribution in [3.8, 4) is 0 Å². The number of carbonyl (C=O) groups is 3. The zero-order valence-corrected chi connectivity index (χ0v) is 24.5. The Hall–Kier alpha value is -3.36. The number of aliphatic hydroxyl groups excluding tert-OH is 1. The summed E-state index contributed by atoms with van der Waals surface area (Å²) in [4.78, 5) is 44.3. The van der Waals surface area contributed by atoms with Gasteiger partial charge < -0.3 is 20.6 Å². The van der Waals surface area contributed by atoms with Crippen molar-refractivity contribution in [1.82, 2.24) is 4.90 Å². The van der Waals surface area contributed by atoms with Gasteiger partial charge in [-0.3, -0.25) is 14.4 Å². The first-order chi connectivity index (χ1) is 19.7. The molecule has 1 spiro atoms. The maximum Gasteiger partial charge on any atom is 0.248 e. The number of hydrogen-bond donors (Lipinski definition) is 3. The fourth-order valence-electron chi connectivity index (χ4n) is 7.50. The van der Waals surface area contributed by atoms with Gasteiger partial charge in [-0.2, -0.15) is 0 Å². The molecule has 0 aromatic heterocycles. The quantitative estimate of drug-likeness (QED) is 0.341. The number of carbonyl (C=O) groups excluding carboxylic acids is 3. The third kappa shape index (κ3) is 4.61. The highest BCUT2D eigenvalue weighted by atomic mass is 32.2. The summed E-state index contributed by atoms with van der Waals surface area (Å²) in [7, 11) is 0. The molecule has 0 aliphatic carbocycles. The predicted octanol–water partition coefficient (Wildman–Crippen LogP) is 5.31. The number of para-hydroxylation sites is 1. The van der Waals surface area contributed by atoms with Crippen LogP contribution >= 0.6 is 11.8 Å². The van der Waals surface area contributed by atoms with Crippen molar-refractivity contribution in [2.24, 2.45) is 17.8 Å². The van der Waals surface area contributed by atoms with Crippen LogP contribution in [0.15, 0.2) is 72.8 Å². The van der Waals surface area contributed by atoms with E-state index < -0.39 is 33.4 Å². The number of anilines is 2. The van der Waals surface area contributed by atoms with Crippen LogP contribution in [0.3, 0.4) is 0 Å². The number of fused-ring (bicyclic) bond motifs is 2. The number of benzene rings is 3. The van der Waals surface area contributed by atoms with Crippen molar-refractivity contribution in [1.29, 1.82) is 0 Å². The second kappa shape index (κ2) is 10.5. The standard InChI is InChI=1S/C33H37N3O4S/c1-20(2)17-25(19-37)36-28(30(39)35-24-14-13-21-9-7-8-10-22(21)18-24)33-16-15-32(3,41-33)26(27(33)31(36)40)29(38)34-23-11-5-4-6-12-23/h4-14,18,20,25-28,37H,15-17,19H2,1-3H3,(H,34,38)(H,35,39)/t25-,26+,27+,28?,32-,33?/m1/s1. The van der Waals surface area contributed by atoms with Gasteiger partial charge in [0, 0.05) is 16.1 Å². The summed E-state index contributed by atoms with van der Waals surface area (Å²) >= 11 is 1.64. The minimum atomic E-state index is -0.802. The molecule has 3 aromatic carbocycles. The average molecular weight is 572 g/mol. The van der Waals surface area contributed by atoms with Crippen LogP contribution in [0.5, 0.6) is 0 Å². The third-order valence-electron chi connectivity index (χ3n) is 9.15. The van der Waals surface area contributed by atoms with E-state index in [1.807, 2.05) is 86.6 Å². The maximum atomic E-state index is 14.4. The van der Waals surface area contributed by atoms with Gasteiger partial charge >= 0.3 is 0 Å². The van der Waals surface area contributed by atoms with Gasteiger partial charge in [-0.05, 0) is 67.1 Å². The monoisotopic (exact) mass is 571 g/mol.